The van der Waals surface area contributed by atoms with Crippen molar-refractivity contribution in [2.75, 3.05) is 40.1 Å². The van der Waals surface area contributed by atoms with E-state index in [1.807, 2.05) is 18.9 Å². The summed E-state index contributed by atoms with van der Waals surface area (Å²) in [4.78, 5) is 37.9. The number of hydrogen-bond acceptors (Lipinski definition) is 8. The maximum Gasteiger partial charge on any atom is 0.474 e. The molecule has 60 heavy (non-hydrogen) atoms. The average molecular weight is 850 g/mol. The van der Waals surface area contributed by atoms with E-state index in [1.54, 1.807) is 0 Å². The number of ketones is 1. The number of carbonyl (C=O) groups excluding carboxylic acids is 2. The quantitative estimate of drug-likeness (QED) is 0.0157. The third-order valence-electron chi connectivity index (χ3n) is 12.0. The molecular weight excluding hydrogens is 774 g/mol. The van der Waals surface area contributed by atoms with Crippen LogP contribution in [-0.2, 0) is 39.1 Å². The Labute approximate surface area is 361 Å². The summed E-state index contributed by atoms with van der Waals surface area (Å²) < 4.78 is 33.5. The molecule has 0 aliphatic heterocycles. The van der Waals surface area contributed by atoms with E-state index >= 15 is 0 Å². The highest BCUT2D eigenvalue weighted by Crippen LogP contribution is 2.43. The number of unbranched alkanes of at least 4 members (excludes halogenated alkanes) is 18. The number of phosphoric acid groups is 1. The van der Waals surface area contributed by atoms with E-state index in [2.05, 4.69) is 61.5 Å². The van der Waals surface area contributed by atoms with E-state index < -0.39 is 20.7 Å². The minimum Gasteiger partial charge on any atom is -0.462 e. The Kier molecular flexibility index (Phi) is 23.7. The number of phosphoric ester groups is 1. The topological polar surface area (TPSA) is 112 Å². The number of nitrogens with zero attached hydrogens (tertiary/aromatic N) is 1. The normalized spacial score (nSPS) is 13.5. The van der Waals surface area contributed by atoms with Crippen LogP contribution in [0.15, 0.2) is 54.6 Å². The zero-order valence-electron chi connectivity index (χ0n) is 37.3. The lowest BCUT2D eigenvalue weighted by Crippen LogP contribution is -2.31. The van der Waals surface area contributed by atoms with Crippen LogP contribution in [0.25, 0.3) is 32.3 Å². The van der Waals surface area contributed by atoms with Crippen molar-refractivity contribution in [3.05, 3.63) is 60.2 Å². The number of likely N-dealkylation sites (N-methyl/N-ethyl adjacent to an activating group) is 1. The average Bonchev–Trinajstić information content (AvgIpc) is 3.25. The number of hydrogen-bond donors (Lipinski definition) is 1. The molecule has 0 saturated heterocycles. The van der Waals surface area contributed by atoms with Crippen molar-refractivity contribution in [3.8, 4) is 0 Å². The Morgan fingerprint density at radius 3 is 1.80 bits per heavy atom. The molecular formula is C50H76NO8P. The molecule has 0 fully saturated rings. The summed E-state index contributed by atoms with van der Waals surface area (Å²) in [7, 11) is -2.50. The van der Waals surface area contributed by atoms with Crippen LogP contribution in [0, 0.1) is 0 Å². The molecule has 0 aliphatic carbocycles. The SMILES string of the molecule is CCCCCCCCCCCCCCCC(=O)OCC(OCOP(=O)(O)OCCN(C)CC)C(=O)CCCCCCCCCc1ccc2ccc3cccc4ccc1c2c34. The predicted molar refractivity (Wildman–Crippen MR) is 247 cm³/mol. The first kappa shape index (κ1) is 49.7. The number of rotatable bonds is 36. The second-order valence-corrected chi connectivity index (χ2v) is 18.3. The van der Waals surface area contributed by atoms with E-state index in [0.29, 0.717) is 19.4 Å². The van der Waals surface area contributed by atoms with E-state index in [4.69, 9.17) is 18.5 Å². The Balaban J connectivity index is 1.11. The summed E-state index contributed by atoms with van der Waals surface area (Å²) >= 11 is 0. The van der Waals surface area contributed by atoms with Gasteiger partial charge in [-0.3, -0.25) is 18.6 Å². The molecule has 0 spiro atoms. The Hall–Kier alpha value is -2.91. The molecule has 0 aromatic heterocycles. The minimum absolute atomic E-state index is 0.0125. The van der Waals surface area contributed by atoms with Crippen molar-refractivity contribution >= 4 is 51.9 Å². The van der Waals surface area contributed by atoms with E-state index in [-0.39, 0.29) is 31.4 Å². The van der Waals surface area contributed by atoms with Gasteiger partial charge >= 0.3 is 13.8 Å². The van der Waals surface area contributed by atoms with Crippen molar-refractivity contribution in [2.45, 2.75) is 168 Å². The smallest absolute Gasteiger partial charge is 0.462 e. The second kappa shape index (κ2) is 28.6. The summed E-state index contributed by atoms with van der Waals surface area (Å²) in [6.07, 6.45) is 23.7. The molecule has 0 aliphatic rings. The van der Waals surface area contributed by atoms with E-state index in [1.165, 1.54) is 102 Å². The fourth-order valence-electron chi connectivity index (χ4n) is 8.12. The summed E-state index contributed by atoms with van der Waals surface area (Å²) in [5.41, 5.74) is 1.42. The van der Waals surface area contributed by atoms with Gasteiger partial charge in [0.2, 0.25) is 0 Å². The number of Topliss-reactive ketones (excluding diaryl/α,β-unsaturated/α-hetero) is 1. The first-order valence-electron chi connectivity index (χ1n) is 23.5. The molecule has 0 amide bonds. The first-order chi connectivity index (χ1) is 29.2. The Bertz CT molecular complexity index is 1830. The monoisotopic (exact) mass is 850 g/mol. The number of benzene rings is 4. The fraction of sp³-hybridized carbons (Fsp3) is 0.640. The van der Waals surface area contributed by atoms with Crippen LogP contribution in [0.1, 0.15) is 161 Å². The highest BCUT2D eigenvalue weighted by Gasteiger charge is 2.25. The molecule has 4 rings (SSSR count). The van der Waals surface area contributed by atoms with Gasteiger partial charge in [0.05, 0.1) is 6.61 Å². The first-order valence-corrected chi connectivity index (χ1v) is 25.0. The van der Waals surface area contributed by atoms with Crippen LogP contribution in [0.5, 0.6) is 0 Å². The zero-order chi connectivity index (χ0) is 42.8. The number of esters is 1. The van der Waals surface area contributed by atoms with Crippen LogP contribution in [-0.4, -0.2) is 67.8 Å². The van der Waals surface area contributed by atoms with Gasteiger partial charge in [-0.2, -0.15) is 0 Å². The predicted octanol–water partition coefficient (Wildman–Crippen LogP) is 13.3. The molecule has 334 valence electrons. The zero-order valence-corrected chi connectivity index (χ0v) is 38.2. The highest BCUT2D eigenvalue weighted by atomic mass is 31.2. The molecule has 4 aromatic carbocycles. The van der Waals surface area contributed by atoms with Gasteiger partial charge in [-0.25, -0.2) is 4.57 Å². The maximum absolute atomic E-state index is 13.3. The molecule has 0 radical (unpaired) electrons. The third kappa shape index (κ3) is 18.2. The molecule has 0 heterocycles. The van der Waals surface area contributed by atoms with Crippen LogP contribution in [0.4, 0.5) is 0 Å². The Morgan fingerprint density at radius 2 is 1.18 bits per heavy atom. The summed E-state index contributed by atoms with van der Waals surface area (Å²) in [6, 6.07) is 20.1. The number of carbonyl (C=O) groups is 2. The number of aryl methyl sites for hydroxylation is 1. The van der Waals surface area contributed by atoms with Crippen LogP contribution >= 0.6 is 7.82 Å². The van der Waals surface area contributed by atoms with Crippen molar-refractivity contribution in [2.24, 2.45) is 0 Å². The van der Waals surface area contributed by atoms with Gasteiger partial charge in [0, 0.05) is 19.4 Å². The van der Waals surface area contributed by atoms with E-state index in [9.17, 15) is 19.0 Å². The second-order valence-electron chi connectivity index (χ2n) is 16.8. The molecule has 0 bridgehead atoms. The lowest BCUT2D eigenvalue weighted by molar-refractivity contribution is -0.156. The third-order valence-corrected chi connectivity index (χ3v) is 12.9. The van der Waals surface area contributed by atoms with Crippen molar-refractivity contribution in [3.63, 3.8) is 0 Å². The lowest BCUT2D eigenvalue weighted by Gasteiger charge is -2.19. The van der Waals surface area contributed by atoms with E-state index in [0.717, 1.165) is 70.8 Å². The molecule has 9 nitrogen and oxygen atoms in total. The van der Waals surface area contributed by atoms with Gasteiger partial charge in [-0.05, 0) is 77.2 Å². The van der Waals surface area contributed by atoms with Crippen LogP contribution in [0.2, 0.25) is 0 Å². The van der Waals surface area contributed by atoms with Crippen LogP contribution in [0.3, 0.4) is 0 Å². The summed E-state index contributed by atoms with van der Waals surface area (Å²) in [6.45, 7) is 4.60. The lowest BCUT2D eigenvalue weighted by atomic mass is 9.90. The fourth-order valence-corrected chi connectivity index (χ4v) is 8.70. The van der Waals surface area contributed by atoms with Gasteiger partial charge < -0.3 is 19.3 Å². The van der Waals surface area contributed by atoms with Crippen LogP contribution < -0.4 is 0 Å². The summed E-state index contributed by atoms with van der Waals surface area (Å²) in [5.74, 6) is -0.574. The van der Waals surface area contributed by atoms with Gasteiger partial charge in [-0.15, -0.1) is 0 Å². The summed E-state index contributed by atoms with van der Waals surface area (Å²) in [5, 5.41) is 8.02. The van der Waals surface area contributed by atoms with Crippen molar-refractivity contribution in [1.82, 2.24) is 4.90 Å². The van der Waals surface area contributed by atoms with Gasteiger partial charge in [0.1, 0.15) is 6.61 Å². The van der Waals surface area contributed by atoms with Crippen molar-refractivity contribution in [1.29, 1.82) is 0 Å². The molecule has 2 unspecified atom stereocenters. The number of ether oxygens (including phenoxy) is 2. The van der Waals surface area contributed by atoms with Gasteiger partial charge in [-0.1, -0.05) is 178 Å². The largest absolute Gasteiger partial charge is 0.474 e. The Morgan fingerprint density at radius 1 is 0.650 bits per heavy atom. The maximum atomic E-state index is 13.3. The van der Waals surface area contributed by atoms with Gasteiger partial charge in [0.25, 0.3) is 0 Å². The van der Waals surface area contributed by atoms with Gasteiger partial charge in [0.15, 0.2) is 18.7 Å². The minimum atomic E-state index is -4.38. The molecule has 1 N–H and O–H groups in total. The molecule has 0 saturated carbocycles. The standard InChI is InChI=1S/C50H76NO8P/c1-4-6-7-8-9-10-11-12-13-14-18-21-24-30-48(53)56-39-47(57-40-59-60(54,55)58-38-37-51(3)5-2)46(52)29-23-20-17-15-16-19-22-26-41-31-32-44-34-33-42-27-25-28-43-35-36-45(41)50(44)49(42)43/h25,27-28,31-36,47H,4-24,26,29-30,37-40H2,1-3H3,(H,54,55). The highest BCUT2D eigenvalue weighted by molar-refractivity contribution is 7.47. The molecule has 10 heteroatoms. The molecule has 2 atom stereocenters. The molecule has 4 aromatic rings. The van der Waals surface area contributed by atoms with Crippen molar-refractivity contribution < 1.29 is 37.6 Å².